The lowest BCUT2D eigenvalue weighted by Gasteiger charge is -2.21. The number of aromatic nitrogens is 1. The molecule has 6 heteroatoms. The van der Waals surface area contributed by atoms with Crippen molar-refractivity contribution in [3.05, 3.63) is 81.8 Å². The molecule has 1 saturated carbocycles. The van der Waals surface area contributed by atoms with Crippen LogP contribution in [0.25, 0.3) is 0 Å². The fraction of sp³-hybridized carbons (Fsp3) is 0.286. The molecule has 0 N–H and O–H groups in total. The Hall–Kier alpha value is -2.31. The minimum atomic E-state index is -0.283. The lowest BCUT2D eigenvalue weighted by Crippen LogP contribution is -2.25. The maximum Gasteiger partial charge on any atom is 0.140 e. The number of ether oxygens (including phenoxy) is 1. The van der Waals surface area contributed by atoms with E-state index in [2.05, 4.69) is 9.88 Å². The van der Waals surface area contributed by atoms with E-state index in [1.807, 2.05) is 17.5 Å². The highest BCUT2D eigenvalue weighted by molar-refractivity contribution is 7.09. The van der Waals surface area contributed by atoms with Crippen molar-refractivity contribution >= 4 is 11.3 Å². The molecule has 1 aliphatic carbocycles. The van der Waals surface area contributed by atoms with E-state index in [1.165, 1.54) is 18.2 Å². The summed E-state index contributed by atoms with van der Waals surface area (Å²) in [4.78, 5) is 6.93. The van der Waals surface area contributed by atoms with Crippen molar-refractivity contribution in [3.63, 3.8) is 0 Å². The average molecular weight is 386 g/mol. The molecule has 0 bridgehead atoms. The van der Waals surface area contributed by atoms with E-state index in [-0.39, 0.29) is 11.6 Å². The molecule has 1 aromatic heterocycles. The van der Waals surface area contributed by atoms with Gasteiger partial charge in [0.1, 0.15) is 29.0 Å². The van der Waals surface area contributed by atoms with E-state index >= 15 is 0 Å². The van der Waals surface area contributed by atoms with Gasteiger partial charge in [0.2, 0.25) is 0 Å². The Balaban J connectivity index is 1.37. The predicted octanol–water partition coefficient (Wildman–Crippen LogP) is 5.16. The van der Waals surface area contributed by atoms with Crippen LogP contribution in [0.4, 0.5) is 8.78 Å². The molecule has 1 heterocycles. The maximum absolute atomic E-state index is 14.0. The molecule has 2 aromatic carbocycles. The fourth-order valence-corrected chi connectivity index (χ4v) is 3.67. The first-order valence-electron chi connectivity index (χ1n) is 8.96. The van der Waals surface area contributed by atoms with Gasteiger partial charge in [-0.1, -0.05) is 18.2 Å². The normalized spacial score (nSPS) is 13.9. The van der Waals surface area contributed by atoms with Gasteiger partial charge in [0.05, 0.1) is 5.69 Å². The van der Waals surface area contributed by atoms with Crippen LogP contribution >= 0.6 is 11.3 Å². The number of rotatable bonds is 8. The quantitative estimate of drug-likeness (QED) is 0.534. The Morgan fingerprint density at radius 3 is 2.56 bits per heavy atom. The van der Waals surface area contributed by atoms with Crippen LogP contribution in [0.15, 0.2) is 53.9 Å². The van der Waals surface area contributed by atoms with Gasteiger partial charge in [-0.3, -0.25) is 4.90 Å². The highest BCUT2D eigenvalue weighted by Crippen LogP contribution is 2.30. The van der Waals surface area contributed by atoms with Gasteiger partial charge in [-0.05, 0) is 43.2 Å². The second-order valence-corrected chi connectivity index (χ2v) is 7.65. The van der Waals surface area contributed by atoms with Gasteiger partial charge in [-0.2, -0.15) is 0 Å². The molecule has 4 rings (SSSR count). The van der Waals surface area contributed by atoms with E-state index in [0.717, 1.165) is 29.1 Å². The van der Waals surface area contributed by atoms with Crippen LogP contribution in [0.2, 0.25) is 0 Å². The van der Waals surface area contributed by atoms with Gasteiger partial charge >= 0.3 is 0 Å². The lowest BCUT2D eigenvalue weighted by atomic mass is 10.2. The summed E-state index contributed by atoms with van der Waals surface area (Å²) in [6.07, 6.45) is 2.30. The molecule has 27 heavy (non-hydrogen) atoms. The first-order valence-corrected chi connectivity index (χ1v) is 9.84. The topological polar surface area (TPSA) is 25.4 Å². The number of benzene rings is 2. The molecule has 3 nitrogen and oxygen atoms in total. The predicted molar refractivity (Wildman–Crippen MR) is 102 cm³/mol. The van der Waals surface area contributed by atoms with Crippen LogP contribution in [0.5, 0.6) is 5.75 Å². The summed E-state index contributed by atoms with van der Waals surface area (Å²) in [5.74, 6) is 0.177. The Bertz CT molecular complexity index is 893. The summed E-state index contributed by atoms with van der Waals surface area (Å²) in [6, 6.07) is 13.4. The van der Waals surface area contributed by atoms with Gasteiger partial charge in [-0.25, -0.2) is 13.8 Å². The zero-order chi connectivity index (χ0) is 18.6. The Morgan fingerprint density at radius 2 is 1.81 bits per heavy atom. The summed E-state index contributed by atoms with van der Waals surface area (Å²) < 4.78 is 32.6. The van der Waals surface area contributed by atoms with Crippen LogP contribution in [0.1, 0.15) is 29.1 Å². The molecule has 0 unspecified atom stereocenters. The lowest BCUT2D eigenvalue weighted by molar-refractivity contribution is 0.239. The Labute approximate surface area is 161 Å². The summed E-state index contributed by atoms with van der Waals surface area (Å²) in [5.41, 5.74) is 1.69. The van der Waals surface area contributed by atoms with E-state index in [9.17, 15) is 8.78 Å². The third-order valence-corrected chi connectivity index (χ3v) is 5.41. The maximum atomic E-state index is 14.0. The van der Waals surface area contributed by atoms with Crippen molar-refractivity contribution in [2.45, 2.75) is 38.6 Å². The number of hydrogen-bond donors (Lipinski definition) is 0. The number of thiazole rings is 1. The van der Waals surface area contributed by atoms with E-state index in [0.29, 0.717) is 31.5 Å². The summed E-state index contributed by atoms with van der Waals surface area (Å²) >= 11 is 1.54. The van der Waals surface area contributed by atoms with Crippen LogP contribution in [0, 0.1) is 11.6 Å². The van der Waals surface area contributed by atoms with Crippen molar-refractivity contribution < 1.29 is 13.5 Å². The zero-order valence-electron chi connectivity index (χ0n) is 14.8. The van der Waals surface area contributed by atoms with Crippen LogP contribution in [-0.4, -0.2) is 15.9 Å². The smallest absolute Gasteiger partial charge is 0.140 e. The monoisotopic (exact) mass is 386 g/mol. The van der Waals surface area contributed by atoms with Gasteiger partial charge in [0.25, 0.3) is 0 Å². The summed E-state index contributed by atoms with van der Waals surface area (Å²) in [6.45, 7) is 1.65. The Kier molecular flexibility index (Phi) is 5.45. The molecule has 1 fully saturated rings. The average Bonchev–Trinajstić information content (AvgIpc) is 3.43. The van der Waals surface area contributed by atoms with E-state index in [4.69, 9.17) is 4.74 Å². The molecule has 0 amide bonds. The largest absolute Gasteiger partial charge is 0.486 e. The highest BCUT2D eigenvalue weighted by atomic mass is 32.1. The number of hydrogen-bond acceptors (Lipinski definition) is 4. The standard InChI is InChI=1S/C21H20F2N2OS/c22-16-5-9-19(10-6-16)26-13-21-24-17(14-27-21)12-25(18-7-8-18)11-15-3-1-2-4-20(15)23/h1-6,9-10,14,18H,7-8,11-13H2. The molecule has 0 spiro atoms. The van der Waals surface area contributed by atoms with Crippen LogP contribution in [0.3, 0.4) is 0 Å². The molecule has 1 aliphatic rings. The second-order valence-electron chi connectivity index (χ2n) is 6.70. The highest BCUT2D eigenvalue weighted by Gasteiger charge is 2.30. The van der Waals surface area contributed by atoms with Crippen molar-refractivity contribution in [2.24, 2.45) is 0 Å². The third kappa shape index (κ3) is 4.90. The third-order valence-electron chi connectivity index (χ3n) is 4.53. The SMILES string of the molecule is Fc1ccc(OCc2nc(CN(Cc3ccccc3F)C3CC3)cs2)cc1. The summed E-state index contributed by atoms with van der Waals surface area (Å²) in [5, 5.41) is 2.90. The molecule has 0 radical (unpaired) electrons. The molecular weight excluding hydrogens is 366 g/mol. The van der Waals surface area contributed by atoms with Crippen molar-refractivity contribution in [3.8, 4) is 5.75 Å². The minimum Gasteiger partial charge on any atom is -0.486 e. The van der Waals surface area contributed by atoms with E-state index in [1.54, 1.807) is 29.5 Å². The first kappa shape index (κ1) is 18.1. The van der Waals surface area contributed by atoms with E-state index < -0.39 is 0 Å². The molecule has 3 aromatic rings. The number of nitrogens with zero attached hydrogens (tertiary/aromatic N) is 2. The minimum absolute atomic E-state index is 0.158. The first-order chi connectivity index (χ1) is 13.2. The van der Waals surface area contributed by atoms with Gasteiger partial charge in [0, 0.05) is 30.1 Å². The van der Waals surface area contributed by atoms with Gasteiger partial charge < -0.3 is 4.74 Å². The molecule has 0 atom stereocenters. The second kappa shape index (κ2) is 8.15. The van der Waals surface area contributed by atoms with Gasteiger partial charge in [-0.15, -0.1) is 11.3 Å². The fourth-order valence-electron chi connectivity index (χ4n) is 2.97. The van der Waals surface area contributed by atoms with Crippen molar-refractivity contribution in [1.82, 2.24) is 9.88 Å². The van der Waals surface area contributed by atoms with Crippen LogP contribution < -0.4 is 4.74 Å². The van der Waals surface area contributed by atoms with Crippen molar-refractivity contribution in [2.75, 3.05) is 0 Å². The number of halogens is 2. The Morgan fingerprint density at radius 1 is 1.04 bits per heavy atom. The zero-order valence-corrected chi connectivity index (χ0v) is 15.6. The molecule has 140 valence electrons. The molecule has 0 saturated heterocycles. The molecular formula is C21H20F2N2OS. The summed E-state index contributed by atoms with van der Waals surface area (Å²) in [7, 11) is 0. The van der Waals surface area contributed by atoms with Crippen LogP contribution in [-0.2, 0) is 19.7 Å². The van der Waals surface area contributed by atoms with Gasteiger partial charge in [0.15, 0.2) is 0 Å². The van der Waals surface area contributed by atoms with Crippen molar-refractivity contribution in [1.29, 1.82) is 0 Å². The molecule has 0 aliphatic heterocycles.